The number of nitriles is 1. The molecule has 9 heteroatoms. The lowest BCUT2D eigenvalue weighted by molar-refractivity contribution is -0.384. The zero-order valence-corrected chi connectivity index (χ0v) is 18.5. The summed E-state index contributed by atoms with van der Waals surface area (Å²) in [5.41, 5.74) is 7.08. The van der Waals surface area contributed by atoms with Gasteiger partial charge in [0, 0.05) is 39.5 Å². The predicted molar refractivity (Wildman–Crippen MR) is 123 cm³/mol. The van der Waals surface area contributed by atoms with E-state index in [1.165, 1.54) is 34.7 Å². The van der Waals surface area contributed by atoms with Gasteiger partial charge >= 0.3 is 0 Å². The van der Waals surface area contributed by atoms with Gasteiger partial charge in [-0.25, -0.2) is 5.43 Å². The SMILES string of the molecule is Cc1cc(C=NNC(=O)c2cccc([N+](=O)[O-])c2)c(C)n1-c1sc2c(c1C#N)CCCC2. The van der Waals surface area contributed by atoms with Gasteiger partial charge < -0.3 is 4.57 Å². The Morgan fingerprint density at radius 2 is 2.09 bits per heavy atom. The van der Waals surface area contributed by atoms with E-state index in [1.54, 1.807) is 17.6 Å². The van der Waals surface area contributed by atoms with Crippen LogP contribution in [0.5, 0.6) is 0 Å². The molecule has 4 rings (SSSR count). The van der Waals surface area contributed by atoms with Crippen LogP contribution in [0.2, 0.25) is 0 Å². The molecule has 162 valence electrons. The predicted octanol–water partition coefficient (Wildman–Crippen LogP) is 4.58. The van der Waals surface area contributed by atoms with E-state index in [2.05, 4.69) is 21.2 Å². The van der Waals surface area contributed by atoms with Gasteiger partial charge in [-0.05, 0) is 57.2 Å². The van der Waals surface area contributed by atoms with E-state index in [9.17, 15) is 20.2 Å². The Morgan fingerprint density at radius 3 is 2.84 bits per heavy atom. The minimum atomic E-state index is -0.549. The fourth-order valence-corrected chi connectivity index (χ4v) is 5.49. The molecular weight excluding hydrogens is 426 g/mol. The van der Waals surface area contributed by atoms with E-state index >= 15 is 0 Å². The molecule has 3 aromatic rings. The van der Waals surface area contributed by atoms with Crippen molar-refractivity contribution in [3.63, 3.8) is 0 Å². The lowest BCUT2D eigenvalue weighted by Gasteiger charge is -2.10. The van der Waals surface area contributed by atoms with Crippen LogP contribution in [0.15, 0.2) is 35.4 Å². The van der Waals surface area contributed by atoms with Gasteiger partial charge in [-0.3, -0.25) is 14.9 Å². The van der Waals surface area contributed by atoms with Crippen LogP contribution in [-0.4, -0.2) is 21.6 Å². The van der Waals surface area contributed by atoms with Crippen LogP contribution in [0.1, 0.15) is 56.2 Å². The van der Waals surface area contributed by atoms with Gasteiger partial charge in [-0.2, -0.15) is 10.4 Å². The van der Waals surface area contributed by atoms with Crippen molar-refractivity contribution in [3.05, 3.63) is 79.0 Å². The number of rotatable bonds is 5. The first kappa shape index (κ1) is 21.5. The second kappa shape index (κ2) is 8.77. The molecule has 0 saturated heterocycles. The molecule has 0 atom stereocenters. The van der Waals surface area contributed by atoms with Crippen molar-refractivity contribution < 1.29 is 9.72 Å². The Kier molecular flexibility index (Phi) is 5.88. The summed E-state index contributed by atoms with van der Waals surface area (Å²) in [4.78, 5) is 23.9. The molecule has 0 spiro atoms. The number of benzene rings is 1. The number of nitrogens with zero attached hydrogens (tertiary/aromatic N) is 4. The number of nitro benzene ring substituents is 1. The number of fused-ring (bicyclic) bond motifs is 1. The Hall–Kier alpha value is -3.77. The molecule has 0 fully saturated rings. The van der Waals surface area contributed by atoms with Crippen LogP contribution >= 0.6 is 11.3 Å². The Balaban J connectivity index is 1.58. The number of hydrazone groups is 1. The number of aryl methyl sites for hydroxylation is 2. The highest BCUT2D eigenvalue weighted by Gasteiger charge is 2.23. The third kappa shape index (κ3) is 3.92. The molecular formula is C23H21N5O3S. The van der Waals surface area contributed by atoms with E-state index in [1.807, 2.05) is 19.9 Å². The first-order chi connectivity index (χ1) is 15.4. The number of nitro groups is 1. The lowest BCUT2D eigenvalue weighted by Crippen LogP contribution is -2.17. The molecule has 32 heavy (non-hydrogen) atoms. The van der Waals surface area contributed by atoms with Crippen molar-refractivity contribution in [1.82, 2.24) is 9.99 Å². The van der Waals surface area contributed by atoms with E-state index < -0.39 is 10.8 Å². The van der Waals surface area contributed by atoms with Crippen LogP contribution < -0.4 is 5.43 Å². The number of thiophene rings is 1. The summed E-state index contributed by atoms with van der Waals surface area (Å²) in [6, 6.07) is 9.84. The molecule has 1 aromatic carbocycles. The summed E-state index contributed by atoms with van der Waals surface area (Å²) < 4.78 is 2.07. The van der Waals surface area contributed by atoms with Crippen LogP contribution in [0.25, 0.3) is 5.00 Å². The number of nitrogens with one attached hydrogen (secondary N) is 1. The van der Waals surface area contributed by atoms with Crippen LogP contribution in [0, 0.1) is 35.3 Å². The smallest absolute Gasteiger partial charge is 0.271 e. The largest absolute Gasteiger partial charge is 0.308 e. The number of amides is 1. The average Bonchev–Trinajstić information content (AvgIpc) is 3.29. The van der Waals surface area contributed by atoms with E-state index in [0.717, 1.165) is 53.2 Å². The van der Waals surface area contributed by atoms with E-state index in [0.29, 0.717) is 0 Å². The quantitative estimate of drug-likeness (QED) is 0.350. The highest BCUT2D eigenvalue weighted by atomic mass is 32.1. The molecule has 0 saturated carbocycles. The summed E-state index contributed by atoms with van der Waals surface area (Å²) in [5.74, 6) is -0.531. The first-order valence-electron chi connectivity index (χ1n) is 10.2. The fourth-order valence-electron chi connectivity index (χ4n) is 4.04. The van der Waals surface area contributed by atoms with Gasteiger partial charge in [-0.1, -0.05) is 6.07 Å². The Morgan fingerprint density at radius 1 is 1.31 bits per heavy atom. The monoisotopic (exact) mass is 447 g/mol. The summed E-state index contributed by atoms with van der Waals surface area (Å²) in [7, 11) is 0. The second-order valence-electron chi connectivity index (χ2n) is 7.67. The molecule has 0 radical (unpaired) electrons. The van der Waals surface area contributed by atoms with Gasteiger partial charge in [0.15, 0.2) is 0 Å². The normalized spacial score (nSPS) is 13.0. The molecule has 2 heterocycles. The minimum absolute atomic E-state index is 0.155. The van der Waals surface area contributed by atoms with Crippen molar-refractivity contribution in [2.24, 2.45) is 5.10 Å². The maximum Gasteiger partial charge on any atom is 0.271 e. The summed E-state index contributed by atoms with van der Waals surface area (Å²) in [6.45, 7) is 3.93. The number of aromatic nitrogens is 1. The minimum Gasteiger partial charge on any atom is -0.308 e. The number of carbonyl (C=O) groups is 1. The third-order valence-corrected chi connectivity index (χ3v) is 6.90. The van der Waals surface area contributed by atoms with Crippen molar-refractivity contribution in [3.8, 4) is 11.1 Å². The zero-order chi connectivity index (χ0) is 22.8. The highest BCUT2D eigenvalue weighted by Crippen LogP contribution is 2.38. The van der Waals surface area contributed by atoms with Crippen molar-refractivity contribution in [1.29, 1.82) is 5.26 Å². The molecule has 8 nitrogen and oxygen atoms in total. The summed E-state index contributed by atoms with van der Waals surface area (Å²) in [6.07, 6.45) is 5.79. The molecule has 1 aliphatic carbocycles. The first-order valence-corrected chi connectivity index (χ1v) is 11.0. The number of hydrogen-bond donors (Lipinski definition) is 1. The van der Waals surface area contributed by atoms with Crippen molar-refractivity contribution in [2.75, 3.05) is 0 Å². The van der Waals surface area contributed by atoms with Crippen molar-refractivity contribution >= 4 is 29.1 Å². The van der Waals surface area contributed by atoms with Crippen LogP contribution in [0.3, 0.4) is 0 Å². The van der Waals surface area contributed by atoms with Gasteiger partial charge in [0.05, 0.1) is 16.7 Å². The van der Waals surface area contributed by atoms with Crippen molar-refractivity contribution in [2.45, 2.75) is 39.5 Å². The molecule has 0 aliphatic heterocycles. The standard InChI is InChI=1S/C23H21N5O3S/c1-14-10-17(13-25-26-22(29)16-6-5-7-18(11-16)28(30)31)15(2)27(14)23-20(12-24)19-8-3-4-9-21(19)32-23/h5-7,10-11,13H,3-4,8-9H2,1-2H3,(H,26,29). The maximum absolute atomic E-state index is 12.3. The van der Waals surface area contributed by atoms with Crippen LogP contribution in [-0.2, 0) is 12.8 Å². The Labute approximate surface area is 189 Å². The summed E-state index contributed by atoms with van der Waals surface area (Å²) in [5, 5.41) is 25.7. The number of non-ortho nitro benzene ring substituents is 1. The Bertz CT molecular complexity index is 1300. The second-order valence-corrected chi connectivity index (χ2v) is 8.75. The van der Waals surface area contributed by atoms with E-state index in [-0.39, 0.29) is 11.3 Å². The average molecular weight is 448 g/mol. The zero-order valence-electron chi connectivity index (χ0n) is 17.7. The molecule has 1 amide bonds. The van der Waals surface area contributed by atoms with Crippen LogP contribution in [0.4, 0.5) is 5.69 Å². The van der Waals surface area contributed by atoms with Gasteiger partial charge in [0.2, 0.25) is 0 Å². The number of carbonyl (C=O) groups excluding carboxylic acids is 1. The van der Waals surface area contributed by atoms with Gasteiger partial charge in [0.1, 0.15) is 11.1 Å². The van der Waals surface area contributed by atoms with Gasteiger partial charge in [0.25, 0.3) is 11.6 Å². The molecule has 2 aromatic heterocycles. The molecule has 1 N–H and O–H groups in total. The van der Waals surface area contributed by atoms with E-state index in [4.69, 9.17) is 0 Å². The van der Waals surface area contributed by atoms with Gasteiger partial charge in [-0.15, -0.1) is 11.3 Å². The highest BCUT2D eigenvalue weighted by molar-refractivity contribution is 7.15. The molecule has 0 bridgehead atoms. The fraction of sp³-hybridized carbons (Fsp3) is 0.261. The lowest BCUT2D eigenvalue weighted by atomic mass is 9.96. The third-order valence-electron chi connectivity index (χ3n) is 5.63. The molecule has 1 aliphatic rings. The molecule has 0 unspecified atom stereocenters. The summed E-state index contributed by atoms with van der Waals surface area (Å²) >= 11 is 1.68. The maximum atomic E-state index is 12.3. The topological polar surface area (TPSA) is 113 Å². The number of hydrogen-bond acceptors (Lipinski definition) is 6.